The molecule has 7 heteroatoms. The minimum atomic E-state index is -4.18. The van der Waals surface area contributed by atoms with Crippen molar-refractivity contribution in [2.45, 2.75) is 0 Å². The summed E-state index contributed by atoms with van der Waals surface area (Å²) in [6.45, 7) is 0. The molecule has 0 fully saturated rings. The topological polar surface area (TPSA) is 84.2 Å². The molecule has 0 aliphatic rings. The van der Waals surface area contributed by atoms with Gasteiger partial charge in [0, 0.05) is 13.1 Å². The summed E-state index contributed by atoms with van der Waals surface area (Å²) in [5, 5.41) is 3.68. The molecule has 0 radical (unpaired) electrons. The van der Waals surface area contributed by atoms with Crippen LogP contribution in [-0.2, 0) is 17.4 Å². The molecule has 1 aromatic rings. The van der Waals surface area contributed by atoms with Crippen molar-refractivity contribution >= 4 is 16.1 Å². The average molecular weight is 177 g/mol. The number of aryl methyl sites for hydroxylation is 1. The number of nitrogens with one attached hydrogen (secondary N) is 1. The highest BCUT2D eigenvalue weighted by molar-refractivity contribution is 7.87. The SMILES string of the molecule is Cn1nccc1NS(=O)(=O)O. The van der Waals surface area contributed by atoms with Crippen LogP contribution in [0.25, 0.3) is 0 Å². The van der Waals surface area contributed by atoms with Crippen LogP contribution in [0.3, 0.4) is 0 Å². The van der Waals surface area contributed by atoms with Gasteiger partial charge < -0.3 is 0 Å². The summed E-state index contributed by atoms with van der Waals surface area (Å²) < 4.78 is 32.0. The van der Waals surface area contributed by atoms with Gasteiger partial charge in [0.2, 0.25) is 0 Å². The van der Waals surface area contributed by atoms with Gasteiger partial charge in [0.15, 0.2) is 0 Å². The van der Waals surface area contributed by atoms with Crippen LogP contribution in [0.4, 0.5) is 5.82 Å². The first kappa shape index (κ1) is 8.02. The van der Waals surface area contributed by atoms with Crippen molar-refractivity contribution in [1.82, 2.24) is 9.78 Å². The monoisotopic (exact) mass is 177 g/mol. The summed E-state index contributed by atoms with van der Waals surface area (Å²) in [4.78, 5) is 0. The van der Waals surface area contributed by atoms with Crippen LogP contribution in [0.2, 0.25) is 0 Å². The number of nitrogens with zero attached hydrogens (tertiary/aromatic N) is 2. The van der Waals surface area contributed by atoms with Gasteiger partial charge in [-0.05, 0) is 0 Å². The second-order valence-corrected chi connectivity index (χ2v) is 3.07. The normalized spacial score (nSPS) is 11.5. The van der Waals surface area contributed by atoms with E-state index < -0.39 is 10.3 Å². The maximum absolute atomic E-state index is 10.3. The standard InChI is InChI=1S/C4H7N3O3S/c1-7-4(2-3-5-7)6-11(8,9)10/h2-3,6H,1H3,(H,8,9,10). The van der Waals surface area contributed by atoms with E-state index in [1.54, 1.807) is 7.05 Å². The summed E-state index contributed by atoms with van der Waals surface area (Å²) in [5.41, 5.74) is 0. The number of anilines is 1. The Hall–Kier alpha value is -1.08. The summed E-state index contributed by atoms with van der Waals surface area (Å²) in [5.74, 6) is 0.215. The van der Waals surface area contributed by atoms with E-state index in [-0.39, 0.29) is 5.82 Å². The second kappa shape index (κ2) is 2.51. The number of hydrogen-bond donors (Lipinski definition) is 2. The van der Waals surface area contributed by atoms with Crippen molar-refractivity contribution in [3.05, 3.63) is 12.3 Å². The molecule has 0 saturated heterocycles. The van der Waals surface area contributed by atoms with Gasteiger partial charge in [0.25, 0.3) is 0 Å². The van der Waals surface area contributed by atoms with Gasteiger partial charge in [-0.1, -0.05) is 0 Å². The van der Waals surface area contributed by atoms with Crippen LogP contribution >= 0.6 is 0 Å². The third-order valence-corrected chi connectivity index (χ3v) is 1.52. The summed E-state index contributed by atoms with van der Waals surface area (Å²) >= 11 is 0. The summed E-state index contributed by atoms with van der Waals surface area (Å²) in [7, 11) is -2.63. The van der Waals surface area contributed by atoms with Gasteiger partial charge >= 0.3 is 10.3 Å². The molecule has 2 N–H and O–H groups in total. The van der Waals surface area contributed by atoms with Crippen LogP contribution in [0.1, 0.15) is 0 Å². The first-order valence-corrected chi connectivity index (χ1v) is 4.16. The molecule has 0 atom stereocenters. The molecule has 6 nitrogen and oxygen atoms in total. The lowest BCUT2D eigenvalue weighted by molar-refractivity contribution is 0.489. The highest BCUT2D eigenvalue weighted by Gasteiger charge is 2.05. The van der Waals surface area contributed by atoms with Gasteiger partial charge in [-0.2, -0.15) is 13.5 Å². The molecule has 1 heterocycles. The van der Waals surface area contributed by atoms with E-state index in [9.17, 15) is 8.42 Å². The lowest BCUT2D eigenvalue weighted by Gasteiger charge is -2.00. The van der Waals surface area contributed by atoms with E-state index in [2.05, 4.69) is 5.10 Å². The van der Waals surface area contributed by atoms with Crippen molar-refractivity contribution in [2.24, 2.45) is 7.05 Å². The average Bonchev–Trinajstić information content (AvgIpc) is 2.12. The van der Waals surface area contributed by atoms with Gasteiger partial charge in [0.1, 0.15) is 5.82 Å². The second-order valence-electron chi connectivity index (χ2n) is 1.92. The molecule has 11 heavy (non-hydrogen) atoms. The van der Waals surface area contributed by atoms with Crippen molar-refractivity contribution in [2.75, 3.05) is 4.72 Å². The maximum Gasteiger partial charge on any atom is 0.358 e. The van der Waals surface area contributed by atoms with E-state index in [0.717, 1.165) is 0 Å². The fourth-order valence-corrected chi connectivity index (χ4v) is 1.07. The zero-order chi connectivity index (χ0) is 8.48. The van der Waals surface area contributed by atoms with Gasteiger partial charge in [0.05, 0.1) is 6.20 Å². The minimum absolute atomic E-state index is 0.215. The molecule has 62 valence electrons. The minimum Gasteiger partial charge on any atom is -0.269 e. The van der Waals surface area contributed by atoms with Crippen molar-refractivity contribution in [3.63, 3.8) is 0 Å². The number of aromatic nitrogens is 2. The lowest BCUT2D eigenvalue weighted by Crippen LogP contribution is -2.13. The van der Waals surface area contributed by atoms with E-state index in [1.807, 2.05) is 4.72 Å². The Bertz CT molecular complexity index is 341. The molecule has 1 aromatic heterocycles. The van der Waals surface area contributed by atoms with Gasteiger partial charge in [-0.3, -0.25) is 9.23 Å². The Morgan fingerprint density at radius 3 is 2.73 bits per heavy atom. The van der Waals surface area contributed by atoms with Crippen molar-refractivity contribution < 1.29 is 13.0 Å². The Kier molecular flexibility index (Phi) is 1.83. The predicted molar refractivity (Wildman–Crippen MR) is 38.4 cm³/mol. The fraction of sp³-hybridized carbons (Fsp3) is 0.250. The quantitative estimate of drug-likeness (QED) is 0.604. The molecule has 0 amide bonds. The first-order valence-electron chi connectivity index (χ1n) is 2.72. The summed E-state index contributed by atoms with van der Waals surface area (Å²) in [6, 6.07) is 1.42. The molecular formula is C4H7N3O3S. The van der Waals surface area contributed by atoms with E-state index in [4.69, 9.17) is 4.55 Å². The van der Waals surface area contributed by atoms with Crippen LogP contribution in [-0.4, -0.2) is 22.8 Å². The summed E-state index contributed by atoms with van der Waals surface area (Å²) in [6.07, 6.45) is 1.41. The largest absolute Gasteiger partial charge is 0.358 e. The molecule has 0 saturated carbocycles. The van der Waals surface area contributed by atoms with E-state index >= 15 is 0 Å². The highest BCUT2D eigenvalue weighted by Crippen LogP contribution is 2.04. The zero-order valence-corrected chi connectivity index (χ0v) is 6.54. The number of hydrogen-bond acceptors (Lipinski definition) is 3. The molecule has 0 aromatic carbocycles. The third kappa shape index (κ3) is 2.20. The molecule has 0 unspecified atom stereocenters. The fourth-order valence-electron chi connectivity index (χ4n) is 0.606. The van der Waals surface area contributed by atoms with Crippen molar-refractivity contribution in [3.8, 4) is 0 Å². The zero-order valence-electron chi connectivity index (χ0n) is 5.72. The predicted octanol–water partition coefficient (Wildman–Crippen LogP) is -0.365. The Labute approximate surface area is 63.7 Å². The van der Waals surface area contributed by atoms with E-state index in [1.165, 1.54) is 16.9 Å². The van der Waals surface area contributed by atoms with Gasteiger partial charge in [-0.25, -0.2) is 4.72 Å². The van der Waals surface area contributed by atoms with Crippen LogP contribution in [0.5, 0.6) is 0 Å². The maximum atomic E-state index is 10.3. The lowest BCUT2D eigenvalue weighted by atomic mass is 10.7. The van der Waals surface area contributed by atoms with Crippen LogP contribution < -0.4 is 4.72 Å². The first-order chi connectivity index (χ1) is 4.99. The molecular weight excluding hydrogens is 170 g/mol. The Morgan fingerprint density at radius 1 is 1.73 bits per heavy atom. The molecule has 0 aliphatic heterocycles. The molecule has 0 spiro atoms. The smallest absolute Gasteiger partial charge is 0.269 e. The third-order valence-electron chi connectivity index (χ3n) is 1.05. The molecule has 0 bridgehead atoms. The number of rotatable bonds is 2. The Balaban J connectivity index is 2.89. The van der Waals surface area contributed by atoms with Crippen molar-refractivity contribution in [1.29, 1.82) is 0 Å². The molecule has 0 aliphatic carbocycles. The van der Waals surface area contributed by atoms with E-state index in [0.29, 0.717) is 0 Å². The van der Waals surface area contributed by atoms with Crippen LogP contribution in [0.15, 0.2) is 12.3 Å². The Morgan fingerprint density at radius 2 is 2.36 bits per heavy atom. The van der Waals surface area contributed by atoms with Crippen LogP contribution in [0, 0.1) is 0 Å². The molecule has 1 rings (SSSR count). The highest BCUT2D eigenvalue weighted by atomic mass is 32.2. The van der Waals surface area contributed by atoms with Gasteiger partial charge in [-0.15, -0.1) is 0 Å².